The molecule has 2 rings (SSSR count). The van der Waals surface area contributed by atoms with Gasteiger partial charge >= 0.3 is 0 Å². The Labute approximate surface area is 112 Å². The van der Waals surface area contributed by atoms with Crippen LogP contribution in [0, 0.1) is 18.8 Å². The lowest BCUT2D eigenvalue weighted by Gasteiger charge is -2.34. The largest absolute Gasteiger partial charge is 0.338 e. The van der Waals surface area contributed by atoms with Crippen LogP contribution in [-0.4, -0.2) is 30.4 Å². The standard InChI is InChI=1S/C14H18N2OS/c1-10-9-13(18-12(10)7-4-8-15)14(17)16(2)11-5-3-6-11/h9,11H,3,5-6,8,15H2,1-2H3. The van der Waals surface area contributed by atoms with Crippen molar-refractivity contribution in [3.63, 3.8) is 0 Å². The molecule has 96 valence electrons. The van der Waals surface area contributed by atoms with Crippen molar-refractivity contribution >= 4 is 17.2 Å². The highest BCUT2D eigenvalue weighted by molar-refractivity contribution is 7.14. The summed E-state index contributed by atoms with van der Waals surface area (Å²) in [6.45, 7) is 2.33. The number of thiophene rings is 1. The summed E-state index contributed by atoms with van der Waals surface area (Å²) in [4.78, 5) is 15.9. The molecule has 0 aromatic carbocycles. The number of rotatable bonds is 2. The monoisotopic (exact) mass is 262 g/mol. The van der Waals surface area contributed by atoms with Gasteiger partial charge in [0.25, 0.3) is 5.91 Å². The van der Waals surface area contributed by atoms with Gasteiger partial charge in [0.1, 0.15) is 0 Å². The van der Waals surface area contributed by atoms with Crippen LogP contribution in [-0.2, 0) is 0 Å². The molecule has 3 nitrogen and oxygen atoms in total. The van der Waals surface area contributed by atoms with Crippen molar-refractivity contribution in [3.8, 4) is 11.8 Å². The van der Waals surface area contributed by atoms with Crippen molar-refractivity contribution in [2.75, 3.05) is 13.6 Å². The highest BCUT2D eigenvalue weighted by atomic mass is 32.1. The van der Waals surface area contributed by atoms with E-state index in [1.165, 1.54) is 17.8 Å². The summed E-state index contributed by atoms with van der Waals surface area (Å²) in [5, 5.41) is 0. The molecule has 1 amide bonds. The third kappa shape index (κ3) is 2.58. The Balaban J connectivity index is 2.15. The Bertz CT molecular complexity index is 506. The second-order valence-electron chi connectivity index (χ2n) is 4.63. The van der Waals surface area contributed by atoms with Crippen molar-refractivity contribution in [1.29, 1.82) is 0 Å². The smallest absolute Gasteiger partial charge is 0.263 e. The lowest BCUT2D eigenvalue weighted by molar-refractivity contribution is 0.0657. The molecule has 0 bridgehead atoms. The van der Waals surface area contributed by atoms with E-state index in [-0.39, 0.29) is 5.91 Å². The molecule has 0 radical (unpaired) electrons. The second-order valence-corrected chi connectivity index (χ2v) is 5.68. The van der Waals surface area contributed by atoms with E-state index in [4.69, 9.17) is 5.73 Å². The maximum Gasteiger partial charge on any atom is 0.263 e. The number of nitrogens with zero attached hydrogens (tertiary/aromatic N) is 1. The van der Waals surface area contributed by atoms with Crippen LogP contribution < -0.4 is 5.73 Å². The first-order valence-corrected chi connectivity index (χ1v) is 7.01. The molecule has 1 aliphatic carbocycles. The second kappa shape index (κ2) is 5.55. The van der Waals surface area contributed by atoms with Crippen molar-refractivity contribution in [1.82, 2.24) is 4.90 Å². The molecule has 1 saturated carbocycles. The number of nitrogens with two attached hydrogens (primary N) is 1. The highest BCUT2D eigenvalue weighted by Gasteiger charge is 2.27. The Morgan fingerprint density at radius 1 is 1.61 bits per heavy atom. The van der Waals surface area contributed by atoms with Gasteiger partial charge in [-0.1, -0.05) is 11.8 Å². The minimum absolute atomic E-state index is 0.119. The Hall–Kier alpha value is -1.31. The average Bonchev–Trinajstić information content (AvgIpc) is 2.64. The summed E-state index contributed by atoms with van der Waals surface area (Å²) in [5.74, 6) is 5.97. The van der Waals surface area contributed by atoms with Crippen LogP contribution in [0.5, 0.6) is 0 Å². The topological polar surface area (TPSA) is 46.3 Å². The van der Waals surface area contributed by atoms with E-state index >= 15 is 0 Å². The number of aryl methyl sites for hydroxylation is 1. The molecule has 4 heteroatoms. The molecule has 0 spiro atoms. The number of carbonyl (C=O) groups excluding carboxylic acids is 1. The molecule has 0 atom stereocenters. The van der Waals surface area contributed by atoms with Gasteiger partial charge in [-0.05, 0) is 37.8 Å². The molecule has 0 aliphatic heterocycles. The number of hydrogen-bond acceptors (Lipinski definition) is 3. The van der Waals surface area contributed by atoms with E-state index in [9.17, 15) is 4.79 Å². The Kier molecular flexibility index (Phi) is 4.05. The maximum atomic E-state index is 12.3. The van der Waals surface area contributed by atoms with Crippen LogP contribution in [0.4, 0.5) is 0 Å². The van der Waals surface area contributed by atoms with Crippen molar-refractivity contribution in [3.05, 3.63) is 21.4 Å². The predicted molar refractivity (Wildman–Crippen MR) is 74.7 cm³/mol. The number of hydrogen-bond donors (Lipinski definition) is 1. The lowest BCUT2D eigenvalue weighted by atomic mass is 9.92. The number of amides is 1. The van der Waals surface area contributed by atoms with Gasteiger partial charge in [0.2, 0.25) is 0 Å². The maximum absolute atomic E-state index is 12.3. The summed E-state index contributed by atoms with van der Waals surface area (Å²) in [6.07, 6.45) is 3.50. The fourth-order valence-corrected chi connectivity index (χ4v) is 2.99. The molecule has 1 aromatic heterocycles. The van der Waals surface area contributed by atoms with E-state index in [1.807, 2.05) is 24.9 Å². The van der Waals surface area contributed by atoms with Gasteiger partial charge in [0.15, 0.2) is 0 Å². The third-order valence-corrected chi connectivity index (χ3v) is 4.52. The van der Waals surface area contributed by atoms with Crippen molar-refractivity contribution in [2.45, 2.75) is 32.2 Å². The first-order valence-electron chi connectivity index (χ1n) is 6.20. The Morgan fingerprint density at radius 3 is 2.89 bits per heavy atom. The first-order chi connectivity index (χ1) is 8.63. The van der Waals surface area contributed by atoms with Gasteiger partial charge in [-0.2, -0.15) is 0 Å². The van der Waals surface area contributed by atoms with E-state index < -0.39 is 0 Å². The van der Waals surface area contributed by atoms with Gasteiger partial charge in [-0.15, -0.1) is 11.3 Å². The molecule has 0 saturated heterocycles. The minimum atomic E-state index is 0.119. The Morgan fingerprint density at radius 2 is 2.33 bits per heavy atom. The van der Waals surface area contributed by atoms with Crippen LogP contribution >= 0.6 is 11.3 Å². The van der Waals surface area contributed by atoms with Crippen LogP contribution in [0.1, 0.15) is 39.4 Å². The predicted octanol–water partition coefficient (Wildman–Crippen LogP) is 1.99. The fraction of sp³-hybridized carbons (Fsp3) is 0.500. The van der Waals surface area contributed by atoms with Gasteiger partial charge in [0.05, 0.1) is 16.3 Å². The molecule has 1 fully saturated rings. The molecule has 1 aliphatic rings. The molecule has 18 heavy (non-hydrogen) atoms. The number of carbonyl (C=O) groups is 1. The fourth-order valence-electron chi connectivity index (χ4n) is 1.96. The molecular formula is C14H18N2OS. The third-order valence-electron chi connectivity index (χ3n) is 3.38. The van der Waals surface area contributed by atoms with Crippen molar-refractivity contribution in [2.24, 2.45) is 5.73 Å². The summed E-state index contributed by atoms with van der Waals surface area (Å²) < 4.78 is 0. The first kappa shape index (κ1) is 13.1. The molecule has 1 heterocycles. The van der Waals surface area contributed by atoms with E-state index in [1.54, 1.807) is 0 Å². The van der Waals surface area contributed by atoms with Crippen LogP contribution in [0.15, 0.2) is 6.07 Å². The van der Waals surface area contributed by atoms with E-state index in [0.29, 0.717) is 12.6 Å². The van der Waals surface area contributed by atoms with E-state index in [0.717, 1.165) is 28.2 Å². The zero-order valence-electron chi connectivity index (χ0n) is 10.8. The van der Waals surface area contributed by atoms with Gasteiger partial charge in [0, 0.05) is 13.1 Å². The van der Waals surface area contributed by atoms with Gasteiger partial charge in [-0.3, -0.25) is 4.79 Å². The van der Waals surface area contributed by atoms with E-state index in [2.05, 4.69) is 11.8 Å². The summed E-state index contributed by atoms with van der Waals surface area (Å²) in [5.41, 5.74) is 6.42. The summed E-state index contributed by atoms with van der Waals surface area (Å²) in [7, 11) is 1.90. The molecular weight excluding hydrogens is 244 g/mol. The SMILES string of the molecule is Cc1cc(C(=O)N(C)C2CCC2)sc1C#CCN. The van der Waals surface area contributed by atoms with Gasteiger partial charge in [-0.25, -0.2) is 0 Å². The van der Waals surface area contributed by atoms with Crippen LogP contribution in [0.2, 0.25) is 0 Å². The zero-order valence-corrected chi connectivity index (χ0v) is 11.6. The highest BCUT2D eigenvalue weighted by Crippen LogP contribution is 2.27. The molecule has 0 unspecified atom stereocenters. The van der Waals surface area contributed by atoms with Crippen LogP contribution in [0.25, 0.3) is 0 Å². The van der Waals surface area contributed by atoms with Crippen molar-refractivity contribution < 1.29 is 4.79 Å². The average molecular weight is 262 g/mol. The normalized spacial score (nSPS) is 14.6. The quantitative estimate of drug-likeness (QED) is 0.829. The van der Waals surface area contributed by atoms with Crippen LogP contribution in [0.3, 0.4) is 0 Å². The molecule has 2 N–H and O–H groups in total. The summed E-state index contributed by atoms with van der Waals surface area (Å²) in [6, 6.07) is 2.36. The zero-order chi connectivity index (χ0) is 13.1. The minimum Gasteiger partial charge on any atom is -0.338 e. The molecule has 1 aromatic rings. The van der Waals surface area contributed by atoms with Gasteiger partial charge < -0.3 is 10.6 Å². The lowest BCUT2D eigenvalue weighted by Crippen LogP contribution is -2.40. The summed E-state index contributed by atoms with van der Waals surface area (Å²) >= 11 is 1.47.